The van der Waals surface area contributed by atoms with Crippen LogP contribution in [0.4, 0.5) is 5.69 Å². The van der Waals surface area contributed by atoms with Crippen LogP contribution in [0.3, 0.4) is 0 Å². The van der Waals surface area contributed by atoms with Crippen molar-refractivity contribution in [3.8, 4) is 0 Å². The molecule has 0 saturated heterocycles. The molecule has 5 N–H and O–H groups in total. The van der Waals surface area contributed by atoms with Crippen LogP contribution < -0.4 is 11.1 Å². The zero-order valence-corrected chi connectivity index (χ0v) is 13.5. The van der Waals surface area contributed by atoms with Gasteiger partial charge in [0.1, 0.15) is 5.84 Å². The highest BCUT2D eigenvalue weighted by molar-refractivity contribution is 5.95. The average Bonchev–Trinajstić information content (AvgIpc) is 2.46. The van der Waals surface area contributed by atoms with Gasteiger partial charge in [0.15, 0.2) is 5.54 Å². The smallest absolute Gasteiger partial charge is 0.333 e. The van der Waals surface area contributed by atoms with Gasteiger partial charge in [0.25, 0.3) is 0 Å². The van der Waals surface area contributed by atoms with Gasteiger partial charge in [-0.2, -0.15) is 0 Å². The van der Waals surface area contributed by atoms with E-state index in [9.17, 15) is 9.90 Å². The molecule has 0 saturated carbocycles. The average molecular weight is 311 g/mol. The Kier molecular flexibility index (Phi) is 4.40. The minimum Gasteiger partial charge on any atom is -0.479 e. The lowest BCUT2D eigenvalue weighted by atomic mass is 9.89. The SMILES string of the molecule is Cc1cc(C)cc(C(C)(Nc2ccc(C(=N)N)cc2)C(=O)O)c1. The first-order chi connectivity index (χ1) is 10.7. The van der Waals surface area contributed by atoms with Gasteiger partial charge < -0.3 is 16.2 Å². The van der Waals surface area contributed by atoms with Crippen LogP contribution in [-0.2, 0) is 10.3 Å². The van der Waals surface area contributed by atoms with Crippen molar-refractivity contribution in [1.82, 2.24) is 0 Å². The van der Waals surface area contributed by atoms with E-state index in [1.807, 2.05) is 32.0 Å². The van der Waals surface area contributed by atoms with Crippen LogP contribution >= 0.6 is 0 Å². The summed E-state index contributed by atoms with van der Waals surface area (Å²) in [6.07, 6.45) is 0. The van der Waals surface area contributed by atoms with Crippen molar-refractivity contribution in [2.24, 2.45) is 5.73 Å². The number of carboxylic acid groups (broad SMARTS) is 1. The molecule has 23 heavy (non-hydrogen) atoms. The van der Waals surface area contributed by atoms with Gasteiger partial charge in [-0.15, -0.1) is 0 Å². The summed E-state index contributed by atoms with van der Waals surface area (Å²) in [5, 5.41) is 20.2. The molecule has 5 heteroatoms. The number of nitrogen functional groups attached to an aromatic ring is 1. The summed E-state index contributed by atoms with van der Waals surface area (Å²) >= 11 is 0. The molecule has 0 aliphatic heterocycles. The zero-order valence-electron chi connectivity index (χ0n) is 13.5. The molecule has 0 fully saturated rings. The van der Waals surface area contributed by atoms with Crippen molar-refractivity contribution in [2.45, 2.75) is 26.3 Å². The molecule has 120 valence electrons. The van der Waals surface area contributed by atoms with Crippen LogP contribution in [0.1, 0.15) is 29.2 Å². The largest absolute Gasteiger partial charge is 0.479 e. The van der Waals surface area contributed by atoms with Crippen molar-refractivity contribution in [3.05, 3.63) is 64.7 Å². The van der Waals surface area contributed by atoms with Gasteiger partial charge in [-0.05, 0) is 50.6 Å². The fourth-order valence-electron chi connectivity index (χ4n) is 2.53. The van der Waals surface area contributed by atoms with Crippen LogP contribution in [0, 0.1) is 19.3 Å². The predicted octanol–water partition coefficient (Wildman–Crippen LogP) is 3.00. The summed E-state index contributed by atoms with van der Waals surface area (Å²) in [4.78, 5) is 11.9. The first kappa shape index (κ1) is 16.5. The Morgan fingerprint density at radius 1 is 1.13 bits per heavy atom. The van der Waals surface area contributed by atoms with Gasteiger partial charge in [-0.25, -0.2) is 4.79 Å². The number of carbonyl (C=O) groups is 1. The molecule has 2 aromatic carbocycles. The van der Waals surface area contributed by atoms with E-state index < -0.39 is 11.5 Å². The Morgan fingerprint density at radius 2 is 1.65 bits per heavy atom. The quantitative estimate of drug-likeness (QED) is 0.504. The minimum atomic E-state index is -1.26. The highest BCUT2D eigenvalue weighted by atomic mass is 16.4. The molecule has 2 aromatic rings. The highest BCUT2D eigenvalue weighted by Crippen LogP contribution is 2.28. The standard InChI is InChI=1S/C18H21N3O2/c1-11-8-12(2)10-14(9-11)18(3,17(22)23)21-15-6-4-13(5-7-15)16(19)20/h4-10,21H,1-3H3,(H3,19,20)(H,22,23). The molecule has 5 nitrogen and oxygen atoms in total. The van der Waals surface area contributed by atoms with E-state index in [0.717, 1.165) is 11.1 Å². The van der Waals surface area contributed by atoms with Crippen molar-refractivity contribution < 1.29 is 9.90 Å². The maximum atomic E-state index is 11.9. The number of aryl methyl sites for hydroxylation is 2. The van der Waals surface area contributed by atoms with E-state index >= 15 is 0 Å². The van der Waals surface area contributed by atoms with Crippen molar-refractivity contribution >= 4 is 17.5 Å². The third-order valence-electron chi connectivity index (χ3n) is 3.82. The van der Waals surface area contributed by atoms with Gasteiger partial charge in [0.05, 0.1) is 0 Å². The van der Waals surface area contributed by atoms with E-state index in [2.05, 4.69) is 5.32 Å². The minimum absolute atomic E-state index is 0.0214. The number of aliphatic carboxylic acids is 1. The lowest BCUT2D eigenvalue weighted by molar-refractivity contribution is -0.142. The first-order valence-electron chi connectivity index (χ1n) is 7.27. The molecule has 0 bridgehead atoms. The second kappa shape index (κ2) is 6.12. The van der Waals surface area contributed by atoms with E-state index in [1.54, 1.807) is 31.2 Å². The number of hydrogen-bond donors (Lipinski definition) is 4. The molecule has 2 rings (SSSR count). The van der Waals surface area contributed by atoms with Crippen LogP contribution in [-0.4, -0.2) is 16.9 Å². The summed E-state index contributed by atoms with van der Waals surface area (Å²) < 4.78 is 0. The highest BCUT2D eigenvalue weighted by Gasteiger charge is 2.35. The predicted molar refractivity (Wildman–Crippen MR) is 92.0 cm³/mol. The summed E-state index contributed by atoms with van der Waals surface area (Å²) in [7, 11) is 0. The van der Waals surface area contributed by atoms with E-state index in [1.165, 1.54) is 0 Å². The Labute approximate surface area is 135 Å². The molecular formula is C18H21N3O2. The molecule has 0 aromatic heterocycles. The maximum Gasteiger partial charge on any atom is 0.333 e. The van der Waals surface area contributed by atoms with Crippen molar-refractivity contribution in [1.29, 1.82) is 5.41 Å². The summed E-state index contributed by atoms with van der Waals surface area (Å²) in [6, 6.07) is 12.6. The third-order valence-corrected chi connectivity index (χ3v) is 3.82. The third kappa shape index (κ3) is 3.51. The number of amidine groups is 1. The molecule has 0 heterocycles. The van der Waals surface area contributed by atoms with Crippen molar-refractivity contribution in [3.63, 3.8) is 0 Å². The summed E-state index contributed by atoms with van der Waals surface area (Å²) in [5.41, 5.74) is 8.15. The van der Waals surface area contributed by atoms with Crippen molar-refractivity contribution in [2.75, 3.05) is 5.32 Å². The number of carboxylic acids is 1. The first-order valence-corrected chi connectivity index (χ1v) is 7.27. The summed E-state index contributed by atoms with van der Waals surface area (Å²) in [5.74, 6) is -0.981. The Morgan fingerprint density at radius 3 is 2.09 bits per heavy atom. The Balaban J connectivity index is 2.41. The second-order valence-electron chi connectivity index (χ2n) is 5.92. The monoisotopic (exact) mass is 311 g/mol. The van der Waals surface area contributed by atoms with Crippen LogP contribution in [0.5, 0.6) is 0 Å². The van der Waals surface area contributed by atoms with E-state index in [4.69, 9.17) is 11.1 Å². The Bertz CT molecular complexity index is 733. The number of anilines is 1. The number of nitrogens with one attached hydrogen (secondary N) is 2. The number of hydrogen-bond acceptors (Lipinski definition) is 3. The lowest BCUT2D eigenvalue weighted by Crippen LogP contribution is -2.40. The molecule has 0 aliphatic carbocycles. The van der Waals surface area contributed by atoms with E-state index in [-0.39, 0.29) is 5.84 Å². The Hall–Kier alpha value is -2.82. The number of benzene rings is 2. The molecule has 0 spiro atoms. The van der Waals surface area contributed by atoms with Gasteiger partial charge in [0.2, 0.25) is 0 Å². The fraction of sp³-hybridized carbons (Fsp3) is 0.222. The molecule has 1 atom stereocenters. The number of rotatable bonds is 5. The molecule has 0 radical (unpaired) electrons. The lowest BCUT2D eigenvalue weighted by Gasteiger charge is -2.29. The van der Waals surface area contributed by atoms with Gasteiger partial charge in [0, 0.05) is 11.3 Å². The van der Waals surface area contributed by atoms with Gasteiger partial charge in [-0.1, -0.05) is 29.3 Å². The maximum absolute atomic E-state index is 11.9. The molecule has 0 amide bonds. The zero-order chi connectivity index (χ0) is 17.2. The molecular weight excluding hydrogens is 290 g/mol. The molecule has 0 aliphatic rings. The molecule has 1 unspecified atom stereocenters. The number of nitrogens with two attached hydrogens (primary N) is 1. The van der Waals surface area contributed by atoms with Crippen LogP contribution in [0.2, 0.25) is 0 Å². The summed E-state index contributed by atoms with van der Waals surface area (Å²) in [6.45, 7) is 5.53. The van der Waals surface area contributed by atoms with E-state index in [0.29, 0.717) is 16.8 Å². The normalized spacial score (nSPS) is 13.2. The van der Waals surface area contributed by atoms with Gasteiger partial charge in [-0.3, -0.25) is 5.41 Å². The van der Waals surface area contributed by atoms with Crippen LogP contribution in [0.25, 0.3) is 0 Å². The van der Waals surface area contributed by atoms with Crippen LogP contribution in [0.15, 0.2) is 42.5 Å². The topological polar surface area (TPSA) is 99.2 Å². The fourth-order valence-corrected chi connectivity index (χ4v) is 2.53. The van der Waals surface area contributed by atoms with Gasteiger partial charge >= 0.3 is 5.97 Å². The second-order valence-corrected chi connectivity index (χ2v) is 5.92.